The molecule has 66 valence electrons. The van der Waals surface area contributed by atoms with Crippen LogP contribution < -0.4 is 5.73 Å². The fraction of sp³-hybridized carbons (Fsp3) is 0.833. The summed E-state index contributed by atoms with van der Waals surface area (Å²) < 4.78 is 36.9. The van der Waals surface area contributed by atoms with E-state index in [-0.39, 0.29) is 12.8 Å². The van der Waals surface area contributed by atoms with Crippen molar-refractivity contribution in [3.8, 4) is 0 Å². The van der Waals surface area contributed by atoms with Crippen LogP contribution in [0, 0.1) is 0 Å². The Kier molecular flexibility index (Phi) is 3.35. The zero-order chi connectivity index (χ0) is 9.07. The van der Waals surface area contributed by atoms with Crippen molar-refractivity contribution in [2.45, 2.75) is 31.9 Å². The lowest BCUT2D eigenvalue weighted by Gasteiger charge is -2.15. The lowest BCUT2D eigenvalue weighted by atomic mass is 10.1. The molecule has 2 N–H and O–H groups in total. The molecule has 0 aromatic heterocycles. The van der Waals surface area contributed by atoms with Crippen molar-refractivity contribution < 1.29 is 18.0 Å². The molecule has 1 amide bonds. The van der Waals surface area contributed by atoms with E-state index in [1.54, 1.807) is 6.92 Å². The number of nitrogens with two attached hydrogens (primary N) is 1. The molecule has 0 saturated heterocycles. The van der Waals surface area contributed by atoms with Gasteiger partial charge in [0.25, 0.3) is 5.91 Å². The Morgan fingerprint density at radius 2 is 2.09 bits per heavy atom. The summed E-state index contributed by atoms with van der Waals surface area (Å²) in [6, 6.07) is 0. The minimum absolute atomic E-state index is 0.254. The van der Waals surface area contributed by atoms with Crippen LogP contribution >= 0.6 is 0 Å². The molecule has 0 saturated carbocycles. The summed E-state index contributed by atoms with van der Waals surface area (Å²) in [5.74, 6) is -5.92. The van der Waals surface area contributed by atoms with Crippen molar-refractivity contribution in [1.82, 2.24) is 0 Å². The minimum Gasteiger partial charge on any atom is -0.364 e. The van der Waals surface area contributed by atoms with Gasteiger partial charge in [0.15, 0.2) is 6.17 Å². The summed E-state index contributed by atoms with van der Waals surface area (Å²) in [4.78, 5) is 9.97. The molecule has 5 heteroatoms. The second kappa shape index (κ2) is 3.59. The molecule has 0 aromatic carbocycles. The maximum atomic E-state index is 12.4. The van der Waals surface area contributed by atoms with E-state index in [1.165, 1.54) is 0 Å². The zero-order valence-corrected chi connectivity index (χ0v) is 6.11. The lowest BCUT2D eigenvalue weighted by Crippen LogP contribution is -2.43. The Bertz CT molecular complexity index is 149. The summed E-state index contributed by atoms with van der Waals surface area (Å²) in [6.07, 6.45) is -2.55. The number of carbonyl (C=O) groups excluding carboxylic acids is 1. The SMILES string of the molecule is CCCC(F)C(F)(F)C(N)=O. The van der Waals surface area contributed by atoms with E-state index < -0.39 is 18.0 Å². The molecule has 0 heterocycles. The number of halogens is 3. The van der Waals surface area contributed by atoms with Gasteiger partial charge in [-0.25, -0.2) is 4.39 Å². The summed E-state index contributed by atoms with van der Waals surface area (Å²) in [5, 5.41) is 0. The molecule has 0 aliphatic heterocycles. The third kappa shape index (κ3) is 2.40. The van der Waals surface area contributed by atoms with Crippen LogP contribution in [0.4, 0.5) is 13.2 Å². The average molecular weight is 169 g/mol. The topological polar surface area (TPSA) is 43.1 Å². The van der Waals surface area contributed by atoms with Crippen LogP contribution in [0.25, 0.3) is 0 Å². The predicted octanol–water partition coefficient (Wildman–Crippen LogP) is 1.25. The maximum absolute atomic E-state index is 12.4. The highest BCUT2D eigenvalue weighted by atomic mass is 19.3. The number of carbonyl (C=O) groups is 1. The molecule has 11 heavy (non-hydrogen) atoms. The van der Waals surface area contributed by atoms with E-state index in [2.05, 4.69) is 5.73 Å². The van der Waals surface area contributed by atoms with Crippen LogP contribution in [0.15, 0.2) is 0 Å². The molecule has 2 nitrogen and oxygen atoms in total. The second-order valence-electron chi connectivity index (χ2n) is 2.24. The summed E-state index contributed by atoms with van der Waals surface area (Å²) in [5.41, 5.74) is 4.27. The van der Waals surface area contributed by atoms with E-state index in [0.29, 0.717) is 0 Å². The number of hydrogen-bond acceptors (Lipinski definition) is 1. The standard InChI is InChI=1S/C6H10F3NO/c1-2-3-4(7)6(8,9)5(10)11/h4H,2-3H2,1H3,(H2,10,11). The fourth-order valence-corrected chi connectivity index (χ4v) is 0.589. The first kappa shape index (κ1) is 10.3. The number of primary amides is 1. The van der Waals surface area contributed by atoms with Gasteiger partial charge in [-0.2, -0.15) is 8.78 Å². The molecule has 0 aliphatic rings. The first-order valence-electron chi connectivity index (χ1n) is 3.24. The summed E-state index contributed by atoms with van der Waals surface area (Å²) >= 11 is 0. The molecule has 0 aromatic rings. The number of amides is 1. The van der Waals surface area contributed by atoms with Gasteiger partial charge in [-0.15, -0.1) is 0 Å². The van der Waals surface area contributed by atoms with Crippen molar-refractivity contribution >= 4 is 5.91 Å². The van der Waals surface area contributed by atoms with Crippen LogP contribution in [0.2, 0.25) is 0 Å². The van der Waals surface area contributed by atoms with Gasteiger partial charge < -0.3 is 5.73 Å². The Morgan fingerprint density at radius 1 is 1.64 bits per heavy atom. The van der Waals surface area contributed by atoms with E-state index >= 15 is 0 Å². The fourth-order valence-electron chi connectivity index (χ4n) is 0.589. The van der Waals surface area contributed by atoms with Gasteiger partial charge in [-0.05, 0) is 6.42 Å². The van der Waals surface area contributed by atoms with E-state index in [1.807, 2.05) is 0 Å². The summed E-state index contributed by atoms with van der Waals surface area (Å²) in [7, 11) is 0. The normalized spacial score (nSPS) is 14.5. The van der Waals surface area contributed by atoms with Gasteiger partial charge in [0.2, 0.25) is 0 Å². The molecule has 0 aliphatic carbocycles. The third-order valence-corrected chi connectivity index (χ3v) is 1.26. The molecule has 0 bridgehead atoms. The Balaban J connectivity index is 4.17. The maximum Gasteiger partial charge on any atom is 0.354 e. The van der Waals surface area contributed by atoms with Crippen LogP contribution in [0.5, 0.6) is 0 Å². The van der Waals surface area contributed by atoms with Crippen molar-refractivity contribution in [2.24, 2.45) is 5.73 Å². The Hall–Kier alpha value is -0.740. The summed E-state index contributed by atoms with van der Waals surface area (Å²) in [6.45, 7) is 1.55. The number of alkyl halides is 3. The van der Waals surface area contributed by atoms with Crippen LogP contribution in [-0.4, -0.2) is 18.0 Å². The largest absolute Gasteiger partial charge is 0.364 e. The first-order chi connectivity index (χ1) is 4.92. The number of hydrogen-bond donors (Lipinski definition) is 1. The molecular formula is C6H10F3NO. The van der Waals surface area contributed by atoms with Crippen molar-refractivity contribution in [2.75, 3.05) is 0 Å². The minimum atomic E-state index is -4.02. The van der Waals surface area contributed by atoms with E-state index in [4.69, 9.17) is 0 Å². The molecule has 0 spiro atoms. The molecule has 1 unspecified atom stereocenters. The van der Waals surface area contributed by atoms with Gasteiger partial charge in [0, 0.05) is 0 Å². The zero-order valence-electron chi connectivity index (χ0n) is 6.11. The highest BCUT2D eigenvalue weighted by Gasteiger charge is 2.45. The monoisotopic (exact) mass is 169 g/mol. The Morgan fingerprint density at radius 3 is 2.36 bits per heavy atom. The van der Waals surface area contributed by atoms with Gasteiger partial charge in [-0.3, -0.25) is 4.79 Å². The van der Waals surface area contributed by atoms with Crippen LogP contribution in [0.3, 0.4) is 0 Å². The Labute approximate surface area is 62.6 Å². The quantitative estimate of drug-likeness (QED) is 0.676. The lowest BCUT2D eigenvalue weighted by molar-refractivity contribution is -0.152. The van der Waals surface area contributed by atoms with Gasteiger partial charge >= 0.3 is 5.92 Å². The van der Waals surface area contributed by atoms with Crippen LogP contribution in [-0.2, 0) is 4.79 Å². The second-order valence-corrected chi connectivity index (χ2v) is 2.24. The average Bonchev–Trinajstić information content (AvgIpc) is 1.88. The molecule has 0 rings (SSSR count). The molecule has 1 atom stereocenters. The van der Waals surface area contributed by atoms with Gasteiger partial charge in [0.05, 0.1) is 0 Å². The van der Waals surface area contributed by atoms with Crippen molar-refractivity contribution in [3.05, 3.63) is 0 Å². The van der Waals surface area contributed by atoms with Crippen LogP contribution in [0.1, 0.15) is 19.8 Å². The van der Waals surface area contributed by atoms with Crippen molar-refractivity contribution in [3.63, 3.8) is 0 Å². The predicted molar refractivity (Wildman–Crippen MR) is 33.9 cm³/mol. The van der Waals surface area contributed by atoms with Crippen molar-refractivity contribution in [1.29, 1.82) is 0 Å². The molecular weight excluding hydrogens is 159 g/mol. The first-order valence-corrected chi connectivity index (χ1v) is 3.24. The van der Waals surface area contributed by atoms with Gasteiger partial charge in [0.1, 0.15) is 0 Å². The number of rotatable bonds is 4. The highest BCUT2D eigenvalue weighted by Crippen LogP contribution is 2.24. The third-order valence-electron chi connectivity index (χ3n) is 1.26. The molecule has 0 radical (unpaired) electrons. The molecule has 0 fully saturated rings. The van der Waals surface area contributed by atoms with E-state index in [0.717, 1.165) is 0 Å². The highest BCUT2D eigenvalue weighted by molar-refractivity contribution is 5.82. The smallest absolute Gasteiger partial charge is 0.354 e. The van der Waals surface area contributed by atoms with E-state index in [9.17, 15) is 18.0 Å². The van der Waals surface area contributed by atoms with Gasteiger partial charge in [-0.1, -0.05) is 13.3 Å².